The molecular weight excluding hydrogens is 302 g/mol. The van der Waals surface area contributed by atoms with Crippen molar-refractivity contribution in [2.75, 3.05) is 0 Å². The summed E-state index contributed by atoms with van der Waals surface area (Å²) in [5, 5.41) is 14.2. The molecule has 6 heteroatoms. The molecule has 1 amide bonds. The lowest BCUT2D eigenvalue weighted by Gasteiger charge is -2.16. The van der Waals surface area contributed by atoms with Gasteiger partial charge in [-0.1, -0.05) is 31.7 Å². The van der Waals surface area contributed by atoms with Gasteiger partial charge in [0.25, 0.3) is 5.91 Å². The van der Waals surface area contributed by atoms with Crippen LogP contribution in [0.15, 0.2) is 35.1 Å². The molecule has 24 heavy (non-hydrogen) atoms. The van der Waals surface area contributed by atoms with E-state index in [9.17, 15) is 4.79 Å². The molecule has 1 aliphatic carbocycles. The van der Waals surface area contributed by atoms with Crippen molar-refractivity contribution in [3.63, 3.8) is 0 Å². The van der Waals surface area contributed by atoms with Crippen molar-refractivity contribution in [3.05, 3.63) is 35.7 Å². The standard InChI is InChI=1S/C18H21N5O/c24-17-16(10-12-7-8-15-13(9-12)11-19-23-15)21-18(22-17)20-14-5-3-1-2-4-6-14/h7-11,14H,1-6H2,(H,19,23)(H2,20,21,22,24)/b16-10-. The average molecular weight is 323 g/mol. The zero-order valence-electron chi connectivity index (χ0n) is 13.5. The largest absolute Gasteiger partial charge is 0.353 e. The van der Waals surface area contributed by atoms with E-state index < -0.39 is 0 Å². The van der Waals surface area contributed by atoms with E-state index in [1.165, 1.54) is 25.7 Å². The summed E-state index contributed by atoms with van der Waals surface area (Å²) in [6, 6.07) is 6.31. The van der Waals surface area contributed by atoms with Crippen LogP contribution in [-0.4, -0.2) is 28.1 Å². The number of hydrogen-bond donors (Lipinski definition) is 3. The zero-order valence-corrected chi connectivity index (χ0v) is 13.5. The number of nitrogens with one attached hydrogen (secondary N) is 3. The molecule has 0 spiro atoms. The topological polar surface area (TPSA) is 82.2 Å². The molecule has 1 aromatic heterocycles. The number of hydrogen-bond acceptors (Lipinski definition) is 4. The number of rotatable bonds is 2. The van der Waals surface area contributed by atoms with Gasteiger partial charge < -0.3 is 5.32 Å². The highest BCUT2D eigenvalue weighted by atomic mass is 16.2. The second-order valence-electron chi connectivity index (χ2n) is 6.49. The SMILES string of the molecule is O=C1NC(NC2CCCCCC2)=N/C1=C\c1ccc2[nH]ncc2c1. The number of amides is 1. The van der Waals surface area contributed by atoms with Crippen molar-refractivity contribution in [3.8, 4) is 0 Å². The summed E-state index contributed by atoms with van der Waals surface area (Å²) in [6.45, 7) is 0. The van der Waals surface area contributed by atoms with Gasteiger partial charge in [0.15, 0.2) is 0 Å². The first-order valence-electron chi connectivity index (χ1n) is 8.59. The first-order chi connectivity index (χ1) is 11.8. The minimum Gasteiger partial charge on any atom is -0.353 e. The van der Waals surface area contributed by atoms with Gasteiger partial charge in [-0.25, -0.2) is 4.99 Å². The monoisotopic (exact) mass is 323 g/mol. The first kappa shape index (κ1) is 14.9. The highest BCUT2D eigenvalue weighted by Gasteiger charge is 2.22. The van der Waals surface area contributed by atoms with Crippen molar-refractivity contribution in [1.29, 1.82) is 0 Å². The molecule has 124 valence electrons. The van der Waals surface area contributed by atoms with Crippen LogP contribution in [0.2, 0.25) is 0 Å². The minimum atomic E-state index is -0.154. The van der Waals surface area contributed by atoms with Crippen LogP contribution in [-0.2, 0) is 4.79 Å². The summed E-state index contributed by atoms with van der Waals surface area (Å²) in [5.74, 6) is 0.431. The number of aromatic nitrogens is 2. The van der Waals surface area contributed by atoms with Crippen LogP contribution in [0.1, 0.15) is 44.1 Å². The molecule has 0 atom stereocenters. The second-order valence-corrected chi connectivity index (χ2v) is 6.49. The van der Waals surface area contributed by atoms with Gasteiger partial charge in [-0.05, 0) is 36.6 Å². The van der Waals surface area contributed by atoms with E-state index in [4.69, 9.17) is 0 Å². The van der Waals surface area contributed by atoms with E-state index in [2.05, 4.69) is 25.8 Å². The number of H-pyrrole nitrogens is 1. The number of guanidine groups is 1. The maximum atomic E-state index is 12.2. The van der Waals surface area contributed by atoms with Crippen LogP contribution in [0, 0.1) is 0 Å². The number of aromatic amines is 1. The lowest BCUT2D eigenvalue weighted by Crippen LogP contribution is -2.42. The molecule has 2 aliphatic rings. The van der Waals surface area contributed by atoms with Crippen molar-refractivity contribution >= 4 is 28.8 Å². The molecule has 6 nitrogen and oxygen atoms in total. The van der Waals surface area contributed by atoms with Crippen LogP contribution in [0.5, 0.6) is 0 Å². The molecule has 1 aliphatic heterocycles. The Balaban J connectivity index is 1.51. The van der Waals surface area contributed by atoms with Crippen molar-refractivity contribution in [1.82, 2.24) is 20.8 Å². The van der Waals surface area contributed by atoms with Crippen LogP contribution in [0.4, 0.5) is 0 Å². The predicted octanol–water partition coefficient (Wildman–Crippen LogP) is 2.70. The summed E-state index contributed by atoms with van der Waals surface area (Å²) < 4.78 is 0. The van der Waals surface area contributed by atoms with Gasteiger partial charge in [0.05, 0.1) is 11.7 Å². The lowest BCUT2D eigenvalue weighted by molar-refractivity contribution is -0.115. The van der Waals surface area contributed by atoms with E-state index in [1.807, 2.05) is 24.3 Å². The number of fused-ring (bicyclic) bond motifs is 1. The molecule has 2 aromatic rings. The van der Waals surface area contributed by atoms with Crippen LogP contribution >= 0.6 is 0 Å². The summed E-state index contributed by atoms with van der Waals surface area (Å²) in [7, 11) is 0. The fourth-order valence-corrected chi connectivity index (χ4v) is 3.36. The maximum absolute atomic E-state index is 12.2. The number of carbonyl (C=O) groups excluding carboxylic acids is 1. The molecule has 0 unspecified atom stereocenters. The average Bonchev–Trinajstić information content (AvgIpc) is 3.07. The molecule has 2 heterocycles. The Morgan fingerprint density at radius 1 is 1.17 bits per heavy atom. The number of carbonyl (C=O) groups is 1. The number of aliphatic imine (C=N–C) groups is 1. The predicted molar refractivity (Wildman–Crippen MR) is 94.3 cm³/mol. The molecule has 3 N–H and O–H groups in total. The summed E-state index contributed by atoms with van der Waals surface area (Å²) in [5.41, 5.74) is 2.36. The highest BCUT2D eigenvalue weighted by Crippen LogP contribution is 2.19. The molecule has 4 rings (SSSR count). The fourth-order valence-electron chi connectivity index (χ4n) is 3.36. The molecule has 1 aromatic carbocycles. The van der Waals surface area contributed by atoms with E-state index in [1.54, 1.807) is 6.20 Å². The Morgan fingerprint density at radius 2 is 2.00 bits per heavy atom. The zero-order chi connectivity index (χ0) is 16.4. The van der Waals surface area contributed by atoms with E-state index in [-0.39, 0.29) is 5.91 Å². The van der Waals surface area contributed by atoms with Crippen molar-refractivity contribution < 1.29 is 4.79 Å². The first-order valence-corrected chi connectivity index (χ1v) is 8.59. The Bertz CT molecular complexity index is 812. The van der Waals surface area contributed by atoms with Gasteiger partial charge in [0.1, 0.15) is 5.70 Å². The van der Waals surface area contributed by atoms with Gasteiger partial charge >= 0.3 is 0 Å². The normalized spacial score (nSPS) is 20.9. The molecule has 1 saturated carbocycles. The minimum absolute atomic E-state index is 0.154. The second kappa shape index (κ2) is 6.47. The Kier molecular flexibility index (Phi) is 4.02. The van der Waals surface area contributed by atoms with Crippen molar-refractivity contribution in [2.45, 2.75) is 44.6 Å². The maximum Gasteiger partial charge on any atom is 0.276 e. The highest BCUT2D eigenvalue weighted by molar-refractivity contribution is 6.13. The summed E-state index contributed by atoms with van der Waals surface area (Å²) in [6.07, 6.45) is 11.0. The van der Waals surface area contributed by atoms with Gasteiger partial charge in [-0.2, -0.15) is 5.10 Å². The Labute approximate surface area is 140 Å². The van der Waals surface area contributed by atoms with Crippen LogP contribution in [0.3, 0.4) is 0 Å². The molecule has 0 saturated heterocycles. The fraction of sp³-hybridized carbons (Fsp3) is 0.389. The smallest absolute Gasteiger partial charge is 0.276 e. The summed E-state index contributed by atoms with van der Waals surface area (Å²) in [4.78, 5) is 16.6. The number of nitrogens with zero attached hydrogens (tertiary/aromatic N) is 2. The third-order valence-corrected chi connectivity index (χ3v) is 4.66. The van der Waals surface area contributed by atoms with E-state index in [0.717, 1.165) is 29.3 Å². The number of benzene rings is 1. The van der Waals surface area contributed by atoms with Gasteiger partial charge in [0, 0.05) is 11.4 Å². The van der Waals surface area contributed by atoms with Crippen molar-refractivity contribution in [2.24, 2.45) is 4.99 Å². The van der Waals surface area contributed by atoms with Gasteiger partial charge in [0.2, 0.25) is 5.96 Å². The Morgan fingerprint density at radius 3 is 2.83 bits per heavy atom. The molecule has 1 fully saturated rings. The summed E-state index contributed by atoms with van der Waals surface area (Å²) >= 11 is 0. The molecule has 0 bridgehead atoms. The third-order valence-electron chi connectivity index (χ3n) is 4.66. The Hall–Kier alpha value is -2.63. The molecule has 0 radical (unpaired) electrons. The lowest BCUT2D eigenvalue weighted by atomic mass is 10.1. The van der Waals surface area contributed by atoms with Gasteiger partial charge in [-0.15, -0.1) is 0 Å². The molecular formula is C18H21N5O. The van der Waals surface area contributed by atoms with Crippen LogP contribution < -0.4 is 10.6 Å². The quantitative estimate of drug-likeness (QED) is 0.587. The van der Waals surface area contributed by atoms with E-state index in [0.29, 0.717) is 17.7 Å². The third kappa shape index (κ3) is 3.18. The van der Waals surface area contributed by atoms with Gasteiger partial charge in [-0.3, -0.25) is 15.2 Å². The van der Waals surface area contributed by atoms with Crippen LogP contribution in [0.25, 0.3) is 17.0 Å². The van der Waals surface area contributed by atoms with E-state index >= 15 is 0 Å².